The fourth-order valence-electron chi connectivity index (χ4n) is 2.39. The van der Waals surface area contributed by atoms with E-state index >= 15 is 0 Å². The molecule has 1 N–H and O–H groups in total. The van der Waals surface area contributed by atoms with Gasteiger partial charge in [0.2, 0.25) is 5.91 Å². The van der Waals surface area contributed by atoms with Crippen molar-refractivity contribution < 1.29 is 4.79 Å². The summed E-state index contributed by atoms with van der Waals surface area (Å²) in [6.45, 7) is 0. The largest absolute Gasteiger partial charge is 0.346 e. The lowest BCUT2D eigenvalue weighted by atomic mass is 9.84. The number of carbonyl (C=O) groups excluding carboxylic acids is 1. The van der Waals surface area contributed by atoms with Gasteiger partial charge >= 0.3 is 0 Å². The monoisotopic (exact) mass is 249 g/mol. The lowest BCUT2D eigenvalue weighted by Gasteiger charge is -2.27. The molecule has 0 radical (unpaired) electrons. The van der Waals surface area contributed by atoms with Gasteiger partial charge in [0.1, 0.15) is 0 Å². The fraction of sp³-hybridized carbons (Fsp3) is 0.500. The van der Waals surface area contributed by atoms with Crippen molar-refractivity contribution in [3.8, 4) is 0 Å². The van der Waals surface area contributed by atoms with E-state index in [1.54, 1.807) is 0 Å². The van der Waals surface area contributed by atoms with Crippen molar-refractivity contribution in [2.45, 2.75) is 37.6 Å². The Bertz CT molecular complexity index is 432. The van der Waals surface area contributed by atoms with E-state index in [1.165, 1.54) is 12.0 Å². The number of nitrogens with one attached hydrogen (secondary N) is 1. The van der Waals surface area contributed by atoms with E-state index in [-0.39, 0.29) is 17.4 Å². The summed E-state index contributed by atoms with van der Waals surface area (Å²) < 4.78 is 0. The lowest BCUT2D eigenvalue weighted by molar-refractivity contribution is -0.128. The number of rotatable bonds is 3. The van der Waals surface area contributed by atoms with Crippen molar-refractivity contribution in [1.29, 1.82) is 0 Å². The summed E-state index contributed by atoms with van der Waals surface area (Å²) >= 11 is 5.88. The summed E-state index contributed by atoms with van der Waals surface area (Å²) in [4.78, 5) is 12.0. The van der Waals surface area contributed by atoms with Gasteiger partial charge in [-0.2, -0.15) is 0 Å². The Morgan fingerprint density at radius 1 is 1.24 bits per heavy atom. The molecule has 2 nitrogen and oxygen atoms in total. The normalized spacial score (nSPS) is 21.7. The summed E-state index contributed by atoms with van der Waals surface area (Å²) in [5.41, 5.74) is 1.10. The Morgan fingerprint density at radius 2 is 1.88 bits per heavy atom. The van der Waals surface area contributed by atoms with Crippen LogP contribution in [0.25, 0.3) is 0 Å². The van der Waals surface area contributed by atoms with E-state index in [2.05, 4.69) is 5.32 Å². The van der Waals surface area contributed by atoms with Crippen LogP contribution in [0.2, 0.25) is 5.02 Å². The van der Waals surface area contributed by atoms with Gasteiger partial charge in [-0.15, -0.1) is 0 Å². The SMILES string of the molecule is O=C(NC1(c2ccc(Cl)cc2)CC1)C1CCC1. The van der Waals surface area contributed by atoms with Crippen LogP contribution in [0.4, 0.5) is 0 Å². The van der Waals surface area contributed by atoms with E-state index < -0.39 is 0 Å². The zero-order valence-electron chi connectivity index (χ0n) is 9.71. The molecule has 2 fully saturated rings. The first-order valence-electron chi connectivity index (χ1n) is 6.28. The van der Waals surface area contributed by atoms with Gasteiger partial charge in [-0.05, 0) is 43.4 Å². The van der Waals surface area contributed by atoms with Crippen LogP contribution in [0.5, 0.6) is 0 Å². The summed E-state index contributed by atoms with van der Waals surface area (Å²) in [6.07, 6.45) is 5.41. The predicted molar refractivity (Wildman–Crippen MR) is 67.8 cm³/mol. The molecule has 17 heavy (non-hydrogen) atoms. The third-order valence-corrected chi connectivity index (χ3v) is 4.24. The van der Waals surface area contributed by atoms with Crippen molar-refractivity contribution in [3.63, 3.8) is 0 Å². The molecule has 0 aromatic heterocycles. The molecule has 3 rings (SSSR count). The molecule has 0 heterocycles. The molecule has 1 amide bonds. The molecule has 2 saturated carbocycles. The van der Waals surface area contributed by atoms with E-state index in [9.17, 15) is 4.79 Å². The topological polar surface area (TPSA) is 29.1 Å². The second-order valence-corrected chi connectivity index (χ2v) is 5.64. The summed E-state index contributed by atoms with van der Waals surface area (Å²) in [5.74, 6) is 0.503. The Labute approximate surface area is 106 Å². The molecular weight excluding hydrogens is 234 g/mol. The third kappa shape index (κ3) is 2.06. The maximum atomic E-state index is 12.0. The van der Waals surface area contributed by atoms with Gasteiger partial charge in [0.25, 0.3) is 0 Å². The first kappa shape index (κ1) is 11.1. The number of benzene rings is 1. The maximum Gasteiger partial charge on any atom is 0.223 e. The van der Waals surface area contributed by atoms with Crippen molar-refractivity contribution in [3.05, 3.63) is 34.9 Å². The minimum absolute atomic E-state index is 0.0860. The van der Waals surface area contributed by atoms with Gasteiger partial charge in [-0.3, -0.25) is 4.79 Å². The quantitative estimate of drug-likeness (QED) is 0.876. The van der Waals surface area contributed by atoms with Crippen LogP contribution in [0.3, 0.4) is 0 Å². The zero-order chi connectivity index (χ0) is 11.9. The Hall–Kier alpha value is -1.02. The predicted octanol–water partition coefficient (Wildman–Crippen LogP) is 3.25. The summed E-state index contributed by atoms with van der Waals surface area (Å²) in [6, 6.07) is 7.84. The highest BCUT2D eigenvalue weighted by Gasteiger charge is 2.46. The second kappa shape index (κ2) is 4.02. The van der Waals surface area contributed by atoms with E-state index in [1.807, 2.05) is 24.3 Å². The highest BCUT2D eigenvalue weighted by molar-refractivity contribution is 6.30. The minimum atomic E-state index is -0.0860. The molecule has 1 aromatic carbocycles. The van der Waals surface area contributed by atoms with E-state index in [4.69, 9.17) is 11.6 Å². The molecule has 1 aromatic rings. The second-order valence-electron chi connectivity index (χ2n) is 5.21. The van der Waals surface area contributed by atoms with Gasteiger partial charge in [0, 0.05) is 10.9 Å². The van der Waals surface area contributed by atoms with E-state index in [0.717, 1.165) is 30.7 Å². The van der Waals surface area contributed by atoms with Gasteiger partial charge in [0.15, 0.2) is 0 Å². The van der Waals surface area contributed by atoms with Crippen LogP contribution in [0.15, 0.2) is 24.3 Å². The summed E-state index contributed by atoms with van der Waals surface area (Å²) in [5, 5.41) is 3.97. The molecule has 0 atom stereocenters. The first-order valence-corrected chi connectivity index (χ1v) is 6.65. The highest BCUT2D eigenvalue weighted by Crippen LogP contribution is 2.46. The number of amides is 1. The van der Waals surface area contributed by atoms with Crippen molar-refractivity contribution in [2.75, 3.05) is 0 Å². The van der Waals surface area contributed by atoms with Crippen LogP contribution in [-0.4, -0.2) is 5.91 Å². The molecular formula is C14H16ClNO. The van der Waals surface area contributed by atoms with Gasteiger partial charge in [-0.25, -0.2) is 0 Å². The van der Waals surface area contributed by atoms with Crippen molar-refractivity contribution >= 4 is 17.5 Å². The average molecular weight is 250 g/mol. The van der Waals surface area contributed by atoms with Gasteiger partial charge in [0.05, 0.1) is 5.54 Å². The number of carbonyl (C=O) groups is 1. The molecule has 2 aliphatic rings. The maximum absolute atomic E-state index is 12.0. The van der Waals surface area contributed by atoms with Crippen LogP contribution in [0.1, 0.15) is 37.7 Å². The van der Waals surface area contributed by atoms with Crippen molar-refractivity contribution in [1.82, 2.24) is 5.32 Å². The standard InChI is InChI=1S/C14H16ClNO/c15-12-6-4-11(5-7-12)14(8-9-14)16-13(17)10-2-1-3-10/h4-7,10H,1-3,8-9H2,(H,16,17). The minimum Gasteiger partial charge on any atom is -0.346 e. The molecule has 2 aliphatic carbocycles. The fourth-order valence-corrected chi connectivity index (χ4v) is 2.51. The summed E-state index contributed by atoms with van der Waals surface area (Å²) in [7, 11) is 0. The van der Waals surface area contributed by atoms with Crippen LogP contribution in [-0.2, 0) is 10.3 Å². The molecule has 0 bridgehead atoms. The zero-order valence-corrected chi connectivity index (χ0v) is 10.5. The molecule has 90 valence electrons. The van der Waals surface area contributed by atoms with Gasteiger partial charge in [-0.1, -0.05) is 30.2 Å². The Kier molecular flexibility index (Phi) is 2.62. The van der Waals surface area contributed by atoms with Crippen LogP contribution >= 0.6 is 11.6 Å². The number of hydrogen-bond acceptors (Lipinski definition) is 1. The average Bonchev–Trinajstić information content (AvgIpc) is 2.97. The molecule has 0 spiro atoms. The highest BCUT2D eigenvalue weighted by atomic mass is 35.5. The Balaban J connectivity index is 1.72. The molecule has 0 saturated heterocycles. The van der Waals surface area contributed by atoms with Crippen molar-refractivity contribution in [2.24, 2.45) is 5.92 Å². The molecule has 3 heteroatoms. The Morgan fingerprint density at radius 3 is 2.35 bits per heavy atom. The molecule has 0 aliphatic heterocycles. The van der Waals surface area contributed by atoms with Crippen LogP contribution in [0, 0.1) is 5.92 Å². The molecule has 0 unspecified atom stereocenters. The smallest absolute Gasteiger partial charge is 0.223 e. The third-order valence-electron chi connectivity index (χ3n) is 3.99. The lowest BCUT2D eigenvalue weighted by Crippen LogP contribution is -2.41. The number of hydrogen-bond donors (Lipinski definition) is 1. The first-order chi connectivity index (χ1) is 8.20. The van der Waals surface area contributed by atoms with Crippen LogP contribution < -0.4 is 5.32 Å². The van der Waals surface area contributed by atoms with E-state index in [0.29, 0.717) is 0 Å². The van der Waals surface area contributed by atoms with Gasteiger partial charge < -0.3 is 5.32 Å². The number of halogens is 1.